The second-order valence-corrected chi connectivity index (χ2v) is 4.39. The normalized spacial score (nSPS) is 12.2. The second-order valence-electron chi connectivity index (χ2n) is 3.11. The number of rotatable bonds is 4. The Morgan fingerprint density at radius 3 is 3.07 bits per heavy atom. The molecule has 3 nitrogen and oxygen atoms in total. The monoisotopic (exact) mass is 228 g/mol. The number of halogens is 1. The molecule has 1 rings (SSSR count). The number of carbonyl (C=O) groups excluding carboxylic acids is 1. The van der Waals surface area contributed by atoms with Gasteiger partial charge in [-0.3, -0.25) is 9.78 Å². The van der Waals surface area contributed by atoms with Gasteiger partial charge in [-0.05, 0) is 12.3 Å². The fourth-order valence-electron chi connectivity index (χ4n) is 0.974. The van der Waals surface area contributed by atoms with Gasteiger partial charge in [0.25, 0.3) is 5.91 Å². The first-order valence-electron chi connectivity index (χ1n) is 4.55. The Morgan fingerprint density at radius 1 is 1.73 bits per heavy atom. The Morgan fingerprint density at radius 2 is 2.47 bits per heavy atom. The predicted octanol–water partition coefficient (Wildman–Crippen LogP) is 1.70. The molecule has 0 aromatic carbocycles. The molecule has 0 aliphatic heterocycles. The van der Waals surface area contributed by atoms with E-state index in [2.05, 4.69) is 10.3 Å². The van der Waals surface area contributed by atoms with Crippen LogP contribution in [0.2, 0.25) is 0 Å². The van der Waals surface area contributed by atoms with Gasteiger partial charge in [-0.2, -0.15) is 11.8 Å². The molecule has 1 atom stereocenters. The number of amides is 1. The van der Waals surface area contributed by atoms with Crippen LogP contribution in [0.5, 0.6) is 0 Å². The zero-order valence-corrected chi connectivity index (χ0v) is 9.47. The summed E-state index contributed by atoms with van der Waals surface area (Å²) in [6.45, 7) is 2.52. The van der Waals surface area contributed by atoms with E-state index in [-0.39, 0.29) is 5.56 Å². The molecular weight excluding hydrogens is 215 g/mol. The summed E-state index contributed by atoms with van der Waals surface area (Å²) in [7, 11) is 0. The maximum absolute atomic E-state index is 13.1. The van der Waals surface area contributed by atoms with Crippen LogP contribution < -0.4 is 5.32 Å². The average Bonchev–Trinajstić information content (AvgIpc) is 2.26. The van der Waals surface area contributed by atoms with E-state index in [1.807, 2.05) is 13.2 Å². The molecule has 1 unspecified atom stereocenters. The number of pyridine rings is 1. The van der Waals surface area contributed by atoms with Gasteiger partial charge in [0.2, 0.25) is 0 Å². The van der Waals surface area contributed by atoms with Gasteiger partial charge in [-0.1, -0.05) is 6.92 Å². The molecule has 0 radical (unpaired) electrons. The number of aromatic nitrogens is 1. The van der Waals surface area contributed by atoms with Gasteiger partial charge in [0.05, 0.1) is 11.8 Å². The van der Waals surface area contributed by atoms with E-state index in [9.17, 15) is 9.18 Å². The van der Waals surface area contributed by atoms with Gasteiger partial charge < -0.3 is 5.32 Å². The summed E-state index contributed by atoms with van der Waals surface area (Å²) in [5.41, 5.74) is 0.0401. The Kier molecular flexibility index (Phi) is 4.55. The number of hydrogen-bond donors (Lipinski definition) is 1. The Labute approximate surface area is 92.5 Å². The molecule has 0 spiro atoms. The highest BCUT2D eigenvalue weighted by Gasteiger charge is 2.11. The molecule has 0 aliphatic carbocycles. The minimum Gasteiger partial charge on any atom is -0.351 e. The molecule has 0 fully saturated rings. The van der Waals surface area contributed by atoms with Crippen molar-refractivity contribution in [3.63, 3.8) is 0 Å². The Balaban J connectivity index is 2.58. The van der Waals surface area contributed by atoms with Gasteiger partial charge in [-0.25, -0.2) is 4.39 Å². The zero-order valence-electron chi connectivity index (χ0n) is 8.66. The number of carbonyl (C=O) groups is 1. The standard InChI is InChI=1S/C10H13FN2OS/c1-7(15-2)5-13-10(14)8-3-4-12-6-9(8)11/h3-4,6-7H,5H2,1-2H3,(H,13,14). The van der Waals surface area contributed by atoms with E-state index in [0.717, 1.165) is 6.20 Å². The first kappa shape index (κ1) is 12.0. The van der Waals surface area contributed by atoms with E-state index in [0.29, 0.717) is 11.8 Å². The van der Waals surface area contributed by atoms with E-state index in [4.69, 9.17) is 0 Å². The third kappa shape index (κ3) is 3.51. The lowest BCUT2D eigenvalue weighted by Gasteiger charge is -2.09. The molecule has 5 heteroatoms. The highest BCUT2D eigenvalue weighted by Crippen LogP contribution is 2.06. The van der Waals surface area contributed by atoms with Crippen molar-refractivity contribution in [2.45, 2.75) is 12.2 Å². The van der Waals surface area contributed by atoms with Gasteiger partial charge in [0.1, 0.15) is 0 Å². The molecular formula is C10H13FN2OS. The van der Waals surface area contributed by atoms with Crippen LogP contribution in [-0.4, -0.2) is 28.9 Å². The van der Waals surface area contributed by atoms with Gasteiger partial charge >= 0.3 is 0 Å². The van der Waals surface area contributed by atoms with Crippen LogP contribution in [0.25, 0.3) is 0 Å². The maximum Gasteiger partial charge on any atom is 0.254 e. The second kappa shape index (κ2) is 5.70. The average molecular weight is 228 g/mol. The summed E-state index contributed by atoms with van der Waals surface area (Å²) in [6.07, 6.45) is 4.40. The summed E-state index contributed by atoms with van der Waals surface area (Å²) < 4.78 is 13.1. The zero-order chi connectivity index (χ0) is 11.3. The molecule has 1 heterocycles. The topological polar surface area (TPSA) is 42.0 Å². The molecule has 1 aromatic heterocycles. The predicted molar refractivity (Wildman–Crippen MR) is 59.5 cm³/mol. The summed E-state index contributed by atoms with van der Waals surface area (Å²) in [5.74, 6) is -0.984. The van der Waals surface area contributed by atoms with Crippen molar-refractivity contribution in [3.05, 3.63) is 29.8 Å². The summed E-state index contributed by atoms with van der Waals surface area (Å²) in [4.78, 5) is 15.1. The smallest absolute Gasteiger partial charge is 0.254 e. The van der Waals surface area contributed by atoms with Crippen molar-refractivity contribution in [3.8, 4) is 0 Å². The summed E-state index contributed by atoms with van der Waals surface area (Å²) in [6, 6.07) is 1.37. The highest BCUT2D eigenvalue weighted by atomic mass is 32.2. The van der Waals surface area contributed by atoms with E-state index >= 15 is 0 Å². The van der Waals surface area contributed by atoms with Crippen molar-refractivity contribution < 1.29 is 9.18 Å². The molecule has 82 valence electrons. The van der Waals surface area contributed by atoms with Gasteiger partial charge in [0.15, 0.2) is 5.82 Å². The van der Waals surface area contributed by atoms with Crippen LogP contribution >= 0.6 is 11.8 Å². The molecule has 0 bridgehead atoms. The third-order valence-corrected chi connectivity index (χ3v) is 2.94. The Hall–Kier alpha value is -1.10. The third-order valence-electron chi connectivity index (χ3n) is 1.97. The van der Waals surface area contributed by atoms with Crippen LogP contribution in [0.4, 0.5) is 4.39 Å². The van der Waals surface area contributed by atoms with Crippen molar-refractivity contribution in [1.82, 2.24) is 10.3 Å². The van der Waals surface area contributed by atoms with Crippen LogP contribution in [0.3, 0.4) is 0 Å². The van der Waals surface area contributed by atoms with Crippen molar-refractivity contribution in [1.29, 1.82) is 0 Å². The van der Waals surface area contributed by atoms with E-state index in [1.54, 1.807) is 11.8 Å². The van der Waals surface area contributed by atoms with Crippen LogP contribution in [0.15, 0.2) is 18.5 Å². The van der Waals surface area contributed by atoms with Crippen molar-refractivity contribution in [2.75, 3.05) is 12.8 Å². The van der Waals surface area contributed by atoms with Gasteiger partial charge in [0, 0.05) is 18.0 Å². The molecule has 0 aliphatic rings. The minimum absolute atomic E-state index is 0.0401. The molecule has 1 amide bonds. The van der Waals surface area contributed by atoms with Crippen LogP contribution in [0.1, 0.15) is 17.3 Å². The van der Waals surface area contributed by atoms with E-state index in [1.165, 1.54) is 12.3 Å². The van der Waals surface area contributed by atoms with Crippen LogP contribution in [-0.2, 0) is 0 Å². The molecule has 1 aromatic rings. The number of nitrogens with zero attached hydrogens (tertiary/aromatic N) is 1. The number of hydrogen-bond acceptors (Lipinski definition) is 3. The SMILES string of the molecule is CSC(C)CNC(=O)c1ccncc1F. The molecule has 1 N–H and O–H groups in total. The Bertz CT molecular complexity index is 346. The number of thioether (sulfide) groups is 1. The molecule has 0 saturated heterocycles. The molecule has 0 saturated carbocycles. The number of nitrogens with one attached hydrogen (secondary N) is 1. The van der Waals surface area contributed by atoms with Crippen molar-refractivity contribution in [2.24, 2.45) is 0 Å². The fraction of sp³-hybridized carbons (Fsp3) is 0.400. The van der Waals surface area contributed by atoms with E-state index < -0.39 is 11.7 Å². The lowest BCUT2D eigenvalue weighted by atomic mass is 10.2. The van der Waals surface area contributed by atoms with Crippen molar-refractivity contribution >= 4 is 17.7 Å². The molecule has 15 heavy (non-hydrogen) atoms. The lowest BCUT2D eigenvalue weighted by Crippen LogP contribution is -2.30. The summed E-state index contributed by atoms with van der Waals surface area (Å²) in [5, 5.41) is 2.98. The largest absolute Gasteiger partial charge is 0.351 e. The quantitative estimate of drug-likeness (QED) is 0.853. The fourth-order valence-corrected chi connectivity index (χ4v) is 1.22. The maximum atomic E-state index is 13.1. The van der Waals surface area contributed by atoms with Crippen LogP contribution in [0, 0.1) is 5.82 Å². The minimum atomic E-state index is -0.591. The lowest BCUT2D eigenvalue weighted by molar-refractivity contribution is 0.0950. The summed E-state index contributed by atoms with van der Waals surface area (Å²) >= 11 is 1.65. The highest BCUT2D eigenvalue weighted by molar-refractivity contribution is 7.99. The first-order chi connectivity index (χ1) is 7.15. The van der Waals surface area contributed by atoms with Gasteiger partial charge in [-0.15, -0.1) is 0 Å². The first-order valence-corrected chi connectivity index (χ1v) is 5.84.